The molecule has 0 aliphatic heterocycles. The molecular weight excluding hydrogens is 298 g/mol. The zero-order valence-electron chi connectivity index (χ0n) is 14.4. The van der Waals surface area contributed by atoms with Crippen molar-refractivity contribution in [1.29, 1.82) is 0 Å². The smallest absolute Gasteiger partial charge is 0.191 e. The summed E-state index contributed by atoms with van der Waals surface area (Å²) in [6, 6.07) is 15.0. The summed E-state index contributed by atoms with van der Waals surface area (Å²) in [5.74, 6) is 1.68. The van der Waals surface area contributed by atoms with E-state index in [0.29, 0.717) is 0 Å². The van der Waals surface area contributed by atoms with Crippen LogP contribution < -0.4 is 10.6 Å². The largest absolute Gasteiger partial charge is 0.381 e. The first-order valence-electron chi connectivity index (χ1n) is 8.85. The molecule has 0 bridgehead atoms. The van der Waals surface area contributed by atoms with Crippen molar-refractivity contribution in [2.24, 2.45) is 10.9 Å². The highest BCUT2D eigenvalue weighted by molar-refractivity contribution is 5.83. The van der Waals surface area contributed by atoms with Gasteiger partial charge in [0, 0.05) is 33.4 Å². The number of nitrogens with zero attached hydrogens (tertiary/aromatic N) is 1. The van der Waals surface area contributed by atoms with Crippen LogP contribution in [0.25, 0.3) is 10.8 Å². The third-order valence-electron chi connectivity index (χ3n) is 4.31. The van der Waals surface area contributed by atoms with Crippen LogP contribution in [0.1, 0.15) is 24.8 Å². The summed E-state index contributed by atoms with van der Waals surface area (Å²) in [7, 11) is 1.80. The van der Waals surface area contributed by atoms with Gasteiger partial charge in [-0.15, -0.1) is 0 Å². The number of rotatable bonds is 8. The lowest BCUT2D eigenvalue weighted by atomic mass is 10.1. The molecule has 0 aromatic heterocycles. The Morgan fingerprint density at radius 3 is 2.75 bits per heavy atom. The standard InChI is InChI=1S/C20H27N3O/c1-21-20(22-11-4-12-24-15-16-7-8-16)23-14-17-9-10-18-5-2-3-6-19(18)13-17/h2-3,5-6,9-10,13,16H,4,7-8,11-12,14-15H2,1H3,(H2,21,22,23). The first-order chi connectivity index (χ1) is 11.8. The minimum absolute atomic E-state index is 0.767. The molecule has 0 atom stereocenters. The minimum Gasteiger partial charge on any atom is -0.381 e. The predicted octanol–water partition coefficient (Wildman–Crippen LogP) is 3.32. The van der Waals surface area contributed by atoms with E-state index in [2.05, 4.69) is 58.1 Å². The molecule has 2 aromatic carbocycles. The van der Waals surface area contributed by atoms with Gasteiger partial charge in [-0.1, -0.05) is 36.4 Å². The molecule has 4 heteroatoms. The lowest BCUT2D eigenvalue weighted by Crippen LogP contribution is -2.37. The van der Waals surface area contributed by atoms with Crippen LogP contribution >= 0.6 is 0 Å². The fourth-order valence-corrected chi connectivity index (χ4v) is 2.67. The van der Waals surface area contributed by atoms with Crippen LogP contribution in [-0.4, -0.2) is 32.8 Å². The maximum absolute atomic E-state index is 5.64. The van der Waals surface area contributed by atoms with Crippen LogP contribution in [0.4, 0.5) is 0 Å². The Kier molecular flexibility index (Phi) is 6.07. The molecule has 0 spiro atoms. The fraction of sp³-hybridized carbons (Fsp3) is 0.450. The highest BCUT2D eigenvalue weighted by atomic mass is 16.5. The molecule has 0 heterocycles. The number of hydrogen-bond acceptors (Lipinski definition) is 2. The van der Waals surface area contributed by atoms with E-state index in [0.717, 1.165) is 44.6 Å². The number of hydrogen-bond donors (Lipinski definition) is 2. The van der Waals surface area contributed by atoms with Crippen molar-refractivity contribution >= 4 is 16.7 Å². The Balaban J connectivity index is 1.38. The number of nitrogens with one attached hydrogen (secondary N) is 2. The third kappa shape index (κ3) is 5.24. The monoisotopic (exact) mass is 325 g/mol. The van der Waals surface area contributed by atoms with Gasteiger partial charge in [0.1, 0.15) is 0 Å². The van der Waals surface area contributed by atoms with Crippen LogP contribution in [0.15, 0.2) is 47.5 Å². The molecule has 2 N–H and O–H groups in total. The molecule has 4 nitrogen and oxygen atoms in total. The lowest BCUT2D eigenvalue weighted by Gasteiger charge is -2.12. The Bertz CT molecular complexity index is 679. The Morgan fingerprint density at radius 2 is 1.96 bits per heavy atom. The quantitative estimate of drug-likeness (QED) is 0.445. The second-order valence-electron chi connectivity index (χ2n) is 6.41. The van der Waals surface area contributed by atoms with E-state index in [1.54, 1.807) is 7.05 Å². The fourth-order valence-electron chi connectivity index (χ4n) is 2.67. The Hall–Kier alpha value is -2.07. The van der Waals surface area contributed by atoms with E-state index in [-0.39, 0.29) is 0 Å². The molecule has 3 rings (SSSR count). The van der Waals surface area contributed by atoms with E-state index >= 15 is 0 Å². The van der Waals surface area contributed by atoms with Gasteiger partial charge in [0.15, 0.2) is 5.96 Å². The van der Waals surface area contributed by atoms with Gasteiger partial charge in [-0.2, -0.15) is 0 Å². The van der Waals surface area contributed by atoms with Gasteiger partial charge in [-0.3, -0.25) is 4.99 Å². The second kappa shape index (κ2) is 8.69. The summed E-state index contributed by atoms with van der Waals surface area (Å²) in [5.41, 5.74) is 1.25. The highest BCUT2D eigenvalue weighted by Gasteiger charge is 2.20. The third-order valence-corrected chi connectivity index (χ3v) is 4.31. The Morgan fingerprint density at radius 1 is 1.12 bits per heavy atom. The van der Waals surface area contributed by atoms with Crippen molar-refractivity contribution in [3.8, 4) is 0 Å². The van der Waals surface area contributed by atoms with Crippen molar-refractivity contribution in [2.45, 2.75) is 25.8 Å². The maximum Gasteiger partial charge on any atom is 0.191 e. The van der Waals surface area contributed by atoms with Gasteiger partial charge >= 0.3 is 0 Å². The van der Waals surface area contributed by atoms with Crippen LogP contribution in [0, 0.1) is 5.92 Å². The molecule has 24 heavy (non-hydrogen) atoms. The summed E-state index contributed by atoms with van der Waals surface area (Å²) in [5, 5.41) is 9.25. The summed E-state index contributed by atoms with van der Waals surface area (Å²) >= 11 is 0. The lowest BCUT2D eigenvalue weighted by molar-refractivity contribution is 0.123. The molecule has 0 amide bonds. The van der Waals surface area contributed by atoms with Crippen LogP contribution in [0.5, 0.6) is 0 Å². The van der Waals surface area contributed by atoms with Gasteiger partial charge in [0.05, 0.1) is 0 Å². The van der Waals surface area contributed by atoms with Gasteiger partial charge < -0.3 is 15.4 Å². The molecule has 0 saturated heterocycles. The summed E-state index contributed by atoms with van der Waals surface area (Å²) in [6.45, 7) is 3.41. The minimum atomic E-state index is 0.767. The summed E-state index contributed by atoms with van der Waals surface area (Å²) < 4.78 is 5.64. The Labute approximate surface area is 144 Å². The number of aliphatic imine (C=N–C) groups is 1. The van der Waals surface area contributed by atoms with Crippen molar-refractivity contribution in [3.05, 3.63) is 48.0 Å². The van der Waals surface area contributed by atoms with Crippen molar-refractivity contribution in [1.82, 2.24) is 10.6 Å². The zero-order chi connectivity index (χ0) is 16.6. The van der Waals surface area contributed by atoms with E-state index in [4.69, 9.17) is 4.74 Å². The summed E-state index contributed by atoms with van der Waals surface area (Å²) in [4.78, 5) is 4.28. The molecule has 1 aliphatic rings. The molecule has 1 fully saturated rings. The molecule has 2 aromatic rings. The zero-order valence-corrected chi connectivity index (χ0v) is 14.4. The van der Waals surface area contributed by atoms with Gasteiger partial charge in [0.25, 0.3) is 0 Å². The highest BCUT2D eigenvalue weighted by Crippen LogP contribution is 2.28. The number of fused-ring (bicyclic) bond motifs is 1. The van der Waals surface area contributed by atoms with Crippen molar-refractivity contribution in [2.75, 3.05) is 26.8 Å². The normalized spacial score (nSPS) is 14.8. The van der Waals surface area contributed by atoms with Crippen LogP contribution in [0.3, 0.4) is 0 Å². The van der Waals surface area contributed by atoms with E-state index in [9.17, 15) is 0 Å². The second-order valence-corrected chi connectivity index (χ2v) is 6.41. The van der Waals surface area contributed by atoms with E-state index in [1.165, 1.54) is 29.2 Å². The molecule has 0 unspecified atom stereocenters. The molecular formula is C20H27N3O. The average molecular weight is 325 g/mol. The number of ether oxygens (including phenoxy) is 1. The molecule has 128 valence electrons. The number of benzene rings is 2. The predicted molar refractivity (Wildman–Crippen MR) is 100 cm³/mol. The average Bonchev–Trinajstić information content (AvgIpc) is 3.44. The molecule has 1 saturated carbocycles. The SMILES string of the molecule is CN=C(NCCCOCC1CC1)NCc1ccc2ccccc2c1. The van der Waals surface area contributed by atoms with Crippen LogP contribution in [0.2, 0.25) is 0 Å². The first-order valence-corrected chi connectivity index (χ1v) is 8.85. The van der Waals surface area contributed by atoms with Gasteiger partial charge in [0.2, 0.25) is 0 Å². The van der Waals surface area contributed by atoms with Gasteiger partial charge in [-0.25, -0.2) is 0 Å². The van der Waals surface area contributed by atoms with Crippen molar-refractivity contribution in [3.63, 3.8) is 0 Å². The van der Waals surface area contributed by atoms with Gasteiger partial charge in [-0.05, 0) is 47.6 Å². The maximum atomic E-state index is 5.64. The first kappa shape index (κ1) is 16.8. The van der Waals surface area contributed by atoms with E-state index in [1.807, 2.05) is 0 Å². The van der Waals surface area contributed by atoms with E-state index < -0.39 is 0 Å². The van der Waals surface area contributed by atoms with Crippen molar-refractivity contribution < 1.29 is 4.74 Å². The molecule has 1 aliphatic carbocycles. The molecule has 0 radical (unpaired) electrons. The number of guanidine groups is 1. The topological polar surface area (TPSA) is 45.7 Å². The van der Waals surface area contributed by atoms with Crippen LogP contribution in [-0.2, 0) is 11.3 Å². The summed E-state index contributed by atoms with van der Waals surface area (Å²) in [6.07, 6.45) is 3.70.